The molecule has 42 valence electrons. The van der Waals surface area contributed by atoms with Crippen molar-refractivity contribution in [3.8, 4) is 0 Å². The second kappa shape index (κ2) is 1.99. The number of rotatable bonds is 2. The van der Waals surface area contributed by atoms with Gasteiger partial charge < -0.3 is 10.8 Å². The molecule has 0 fully saturated rings. The third-order valence-corrected chi connectivity index (χ3v) is 0.583. The normalized spacial score (nSPS) is 18.1. The van der Waals surface area contributed by atoms with Gasteiger partial charge in [-0.3, -0.25) is 0 Å². The summed E-state index contributed by atoms with van der Waals surface area (Å²) in [5, 5.41) is 10.8. The molecular formula is C3H8N2O2. The van der Waals surface area contributed by atoms with E-state index in [1.54, 1.807) is 0 Å². The summed E-state index contributed by atoms with van der Waals surface area (Å²) in [6.45, 7) is 1.12. The van der Waals surface area contributed by atoms with Gasteiger partial charge in [0.25, 0.3) is 0 Å². The summed E-state index contributed by atoms with van der Waals surface area (Å²) in [5.74, 6) is 0. The molecule has 3 N–H and O–H groups in total. The number of aliphatic hydroxyl groups is 1. The van der Waals surface area contributed by atoms with Crippen molar-refractivity contribution in [3.05, 3.63) is 4.91 Å². The first kappa shape index (κ1) is 6.52. The van der Waals surface area contributed by atoms with Crippen molar-refractivity contribution in [1.82, 2.24) is 0 Å². The molecule has 0 aromatic carbocycles. The summed E-state index contributed by atoms with van der Waals surface area (Å²) in [5.41, 5.74) is 3.30. The van der Waals surface area contributed by atoms with Crippen LogP contribution in [0.4, 0.5) is 0 Å². The van der Waals surface area contributed by atoms with E-state index in [1.807, 2.05) is 0 Å². The lowest BCUT2D eigenvalue weighted by atomic mass is 10.3. The average Bonchev–Trinajstić information content (AvgIpc) is 1.68. The first-order valence-electron chi connectivity index (χ1n) is 1.89. The van der Waals surface area contributed by atoms with E-state index >= 15 is 0 Å². The van der Waals surface area contributed by atoms with Crippen molar-refractivity contribution < 1.29 is 5.11 Å². The lowest BCUT2D eigenvalue weighted by molar-refractivity contribution is 0.0774. The van der Waals surface area contributed by atoms with E-state index in [0.29, 0.717) is 0 Å². The fraction of sp³-hybridized carbons (Fsp3) is 1.00. The molecule has 0 heterocycles. The molecule has 0 bridgehead atoms. The van der Waals surface area contributed by atoms with Crippen molar-refractivity contribution in [2.24, 2.45) is 10.9 Å². The minimum atomic E-state index is -1.57. The van der Waals surface area contributed by atoms with E-state index in [1.165, 1.54) is 6.92 Å². The van der Waals surface area contributed by atoms with Gasteiger partial charge in [0.05, 0.1) is 0 Å². The van der Waals surface area contributed by atoms with E-state index in [9.17, 15) is 4.91 Å². The highest BCUT2D eigenvalue weighted by Crippen LogP contribution is 1.98. The molecule has 0 rings (SSSR count). The zero-order valence-electron chi connectivity index (χ0n) is 4.09. The highest BCUT2D eigenvalue weighted by Gasteiger charge is 2.16. The zero-order valence-corrected chi connectivity index (χ0v) is 4.09. The van der Waals surface area contributed by atoms with Gasteiger partial charge in [-0.1, -0.05) is 0 Å². The van der Waals surface area contributed by atoms with Crippen LogP contribution in [-0.4, -0.2) is 17.4 Å². The molecule has 0 amide bonds. The van der Waals surface area contributed by atoms with Crippen LogP contribution in [0.25, 0.3) is 0 Å². The topological polar surface area (TPSA) is 75.7 Å². The molecule has 0 saturated heterocycles. The minimum absolute atomic E-state index is 0.128. The molecule has 0 saturated carbocycles. The summed E-state index contributed by atoms with van der Waals surface area (Å²) >= 11 is 0. The maximum atomic E-state index is 9.48. The Balaban J connectivity index is 3.58. The molecule has 7 heavy (non-hydrogen) atoms. The molecule has 0 aliphatic heterocycles. The summed E-state index contributed by atoms with van der Waals surface area (Å²) in [6, 6.07) is 0. The molecule has 0 aliphatic carbocycles. The van der Waals surface area contributed by atoms with Crippen molar-refractivity contribution in [2.75, 3.05) is 6.54 Å². The first-order valence-corrected chi connectivity index (χ1v) is 1.89. The van der Waals surface area contributed by atoms with E-state index in [4.69, 9.17) is 10.8 Å². The van der Waals surface area contributed by atoms with Crippen LogP contribution in [0.5, 0.6) is 0 Å². The molecule has 0 radical (unpaired) electrons. The quantitative estimate of drug-likeness (QED) is 0.460. The molecular weight excluding hydrogens is 96.0 g/mol. The third-order valence-electron chi connectivity index (χ3n) is 0.583. The van der Waals surface area contributed by atoms with Gasteiger partial charge in [-0.25, -0.2) is 0 Å². The molecule has 0 aromatic rings. The first-order chi connectivity index (χ1) is 3.12. The van der Waals surface area contributed by atoms with Crippen LogP contribution >= 0.6 is 0 Å². The molecule has 1 unspecified atom stereocenters. The Morgan fingerprint density at radius 3 is 2.43 bits per heavy atom. The van der Waals surface area contributed by atoms with Crippen LogP contribution in [0.3, 0.4) is 0 Å². The Kier molecular flexibility index (Phi) is 1.86. The van der Waals surface area contributed by atoms with Crippen LogP contribution in [0.2, 0.25) is 0 Å². The van der Waals surface area contributed by atoms with Crippen molar-refractivity contribution in [2.45, 2.75) is 12.6 Å². The van der Waals surface area contributed by atoms with Gasteiger partial charge >= 0.3 is 0 Å². The molecule has 0 aliphatic rings. The lowest BCUT2D eigenvalue weighted by Gasteiger charge is -2.07. The van der Waals surface area contributed by atoms with Crippen LogP contribution in [0.15, 0.2) is 5.18 Å². The van der Waals surface area contributed by atoms with Crippen LogP contribution in [0.1, 0.15) is 6.92 Å². The second-order valence-electron chi connectivity index (χ2n) is 1.51. The fourth-order valence-electron chi connectivity index (χ4n) is 0.0373. The highest BCUT2D eigenvalue weighted by molar-refractivity contribution is 4.67. The Morgan fingerprint density at radius 2 is 2.43 bits per heavy atom. The van der Waals surface area contributed by atoms with Crippen LogP contribution in [0, 0.1) is 4.91 Å². The van der Waals surface area contributed by atoms with Gasteiger partial charge in [-0.2, -0.15) is 0 Å². The zero-order chi connectivity index (χ0) is 5.91. The van der Waals surface area contributed by atoms with Crippen molar-refractivity contribution >= 4 is 0 Å². The monoisotopic (exact) mass is 104 g/mol. The smallest absolute Gasteiger partial charge is 0.207 e. The van der Waals surface area contributed by atoms with E-state index in [-0.39, 0.29) is 6.54 Å². The number of nitrogens with zero attached hydrogens (tertiary/aromatic N) is 1. The predicted octanol–water partition coefficient (Wildman–Crippen LogP) is -0.580. The van der Waals surface area contributed by atoms with Gasteiger partial charge in [0.15, 0.2) is 0 Å². The Labute approximate surface area is 41.3 Å². The average molecular weight is 104 g/mol. The molecule has 0 spiro atoms. The molecule has 4 nitrogen and oxygen atoms in total. The van der Waals surface area contributed by atoms with E-state index < -0.39 is 5.72 Å². The second-order valence-corrected chi connectivity index (χ2v) is 1.51. The van der Waals surface area contributed by atoms with Gasteiger partial charge in [0.2, 0.25) is 5.72 Å². The highest BCUT2D eigenvalue weighted by atomic mass is 16.4. The largest absolute Gasteiger partial charge is 0.366 e. The Bertz CT molecular complexity index is 71.3. The minimum Gasteiger partial charge on any atom is -0.366 e. The van der Waals surface area contributed by atoms with Gasteiger partial charge in [0.1, 0.15) is 0 Å². The van der Waals surface area contributed by atoms with Gasteiger partial charge in [0, 0.05) is 6.54 Å². The van der Waals surface area contributed by atoms with Crippen LogP contribution < -0.4 is 5.73 Å². The van der Waals surface area contributed by atoms with Gasteiger partial charge in [-0.15, -0.1) is 4.91 Å². The lowest BCUT2D eigenvalue weighted by Crippen LogP contribution is -2.30. The number of nitroso groups, excluding NO2 is 1. The summed E-state index contributed by atoms with van der Waals surface area (Å²) in [6.07, 6.45) is 0. The van der Waals surface area contributed by atoms with E-state index in [0.717, 1.165) is 0 Å². The number of hydrogen-bond acceptors (Lipinski definition) is 4. The molecule has 1 atom stereocenters. The van der Waals surface area contributed by atoms with Crippen LogP contribution in [-0.2, 0) is 0 Å². The summed E-state index contributed by atoms with van der Waals surface area (Å²) in [4.78, 5) is 9.48. The van der Waals surface area contributed by atoms with Crippen molar-refractivity contribution in [1.29, 1.82) is 0 Å². The van der Waals surface area contributed by atoms with Gasteiger partial charge in [-0.05, 0) is 12.1 Å². The molecule has 4 heteroatoms. The Morgan fingerprint density at radius 1 is 2.00 bits per heavy atom. The number of hydrogen-bond donors (Lipinski definition) is 2. The number of nitrogens with two attached hydrogens (primary N) is 1. The third kappa shape index (κ3) is 2.24. The molecule has 0 aromatic heterocycles. The maximum absolute atomic E-state index is 9.48. The Hall–Kier alpha value is -0.480. The fourth-order valence-corrected chi connectivity index (χ4v) is 0.0373. The standard InChI is InChI=1S/C3H8N2O2/c1-3(6,2-4)5-7/h6H,2,4H2,1H3. The maximum Gasteiger partial charge on any atom is 0.207 e. The van der Waals surface area contributed by atoms with E-state index in [2.05, 4.69) is 5.18 Å². The van der Waals surface area contributed by atoms with Crippen molar-refractivity contribution in [3.63, 3.8) is 0 Å². The summed E-state index contributed by atoms with van der Waals surface area (Å²) < 4.78 is 0. The predicted molar refractivity (Wildman–Crippen MR) is 25.5 cm³/mol. The summed E-state index contributed by atoms with van der Waals surface area (Å²) in [7, 11) is 0. The SMILES string of the molecule is CC(O)(CN)N=O.